The molecule has 2 rings (SSSR count). The van der Waals surface area contributed by atoms with Gasteiger partial charge in [0.25, 0.3) is 5.91 Å². The van der Waals surface area contributed by atoms with E-state index in [9.17, 15) is 4.79 Å². The normalized spacial score (nSPS) is 11.7. The number of aromatic amines is 1. The average molecular weight is 300 g/mol. The Morgan fingerprint density at radius 1 is 1.33 bits per heavy atom. The van der Waals surface area contributed by atoms with Gasteiger partial charge >= 0.3 is 0 Å². The Labute approximate surface area is 129 Å². The van der Waals surface area contributed by atoms with Crippen LogP contribution in [0.3, 0.4) is 0 Å². The quantitative estimate of drug-likeness (QED) is 0.843. The fourth-order valence-electron chi connectivity index (χ4n) is 2.01. The predicted octanol–water partition coefficient (Wildman–Crippen LogP) is 4.42. The fraction of sp³-hybridized carbons (Fsp3) is 0.235. The molecule has 2 aromatic heterocycles. The molecule has 0 atom stereocenters. The van der Waals surface area contributed by atoms with Crippen molar-refractivity contribution in [2.24, 2.45) is 0 Å². The Balaban J connectivity index is 2.21. The number of H-pyrrole nitrogens is 1. The van der Waals surface area contributed by atoms with E-state index in [-0.39, 0.29) is 11.9 Å². The number of hydrogen-bond donors (Lipinski definition) is 2. The smallest absolute Gasteiger partial charge is 0.261 e. The van der Waals surface area contributed by atoms with Gasteiger partial charge in [0.15, 0.2) is 0 Å². The van der Waals surface area contributed by atoms with E-state index < -0.39 is 0 Å². The molecule has 0 saturated carbocycles. The number of amides is 1. The summed E-state index contributed by atoms with van der Waals surface area (Å²) < 4.78 is 0. The highest BCUT2D eigenvalue weighted by molar-refractivity contribution is 7.15. The van der Waals surface area contributed by atoms with Crippen molar-refractivity contribution in [1.82, 2.24) is 10.3 Å². The summed E-state index contributed by atoms with van der Waals surface area (Å²) in [5.41, 5.74) is 3.24. The maximum atomic E-state index is 12.0. The zero-order valence-corrected chi connectivity index (χ0v) is 13.4. The van der Waals surface area contributed by atoms with Crippen LogP contribution in [0.25, 0.3) is 17.7 Å². The van der Waals surface area contributed by atoms with Gasteiger partial charge in [-0.3, -0.25) is 4.79 Å². The standard InChI is InChI=1S/C17H20N2OS/c1-5-14-13(8-9-18-14)10-12(4)15-6-7-16(21-15)17(20)19-11(2)3/h5-11,18H,1H2,2-4H3,(H,19,20)/b12-10+. The highest BCUT2D eigenvalue weighted by atomic mass is 32.1. The third-order valence-corrected chi connectivity index (χ3v) is 4.25. The first kappa shape index (κ1) is 15.3. The summed E-state index contributed by atoms with van der Waals surface area (Å²) in [5.74, 6) is -0.0116. The second-order valence-electron chi connectivity index (χ2n) is 5.17. The van der Waals surface area contributed by atoms with Crippen molar-refractivity contribution < 1.29 is 4.79 Å². The number of nitrogens with one attached hydrogen (secondary N) is 2. The Hall–Kier alpha value is -2.07. The summed E-state index contributed by atoms with van der Waals surface area (Å²) in [6.07, 6.45) is 5.80. The first-order valence-electron chi connectivity index (χ1n) is 6.90. The van der Waals surface area contributed by atoms with Crippen molar-refractivity contribution in [3.05, 3.63) is 52.0 Å². The maximum absolute atomic E-state index is 12.0. The molecular weight excluding hydrogens is 280 g/mol. The fourth-order valence-corrected chi connectivity index (χ4v) is 2.89. The van der Waals surface area contributed by atoms with Crippen LogP contribution >= 0.6 is 11.3 Å². The molecule has 1 amide bonds. The van der Waals surface area contributed by atoms with E-state index in [0.29, 0.717) is 0 Å². The number of thiophene rings is 1. The summed E-state index contributed by atoms with van der Waals surface area (Å²) >= 11 is 1.51. The van der Waals surface area contributed by atoms with E-state index >= 15 is 0 Å². The minimum atomic E-state index is -0.0116. The topological polar surface area (TPSA) is 44.9 Å². The van der Waals surface area contributed by atoms with Crippen molar-refractivity contribution in [1.29, 1.82) is 0 Å². The van der Waals surface area contributed by atoms with E-state index in [2.05, 4.69) is 29.9 Å². The van der Waals surface area contributed by atoms with Crippen molar-refractivity contribution in [2.45, 2.75) is 26.8 Å². The molecule has 21 heavy (non-hydrogen) atoms. The molecule has 3 nitrogen and oxygen atoms in total. The van der Waals surface area contributed by atoms with Crippen LogP contribution in [-0.2, 0) is 0 Å². The number of rotatable bonds is 5. The molecule has 0 aliphatic carbocycles. The second kappa shape index (κ2) is 6.59. The highest BCUT2D eigenvalue weighted by Gasteiger charge is 2.11. The lowest BCUT2D eigenvalue weighted by atomic mass is 10.1. The second-order valence-corrected chi connectivity index (χ2v) is 6.25. The number of carbonyl (C=O) groups is 1. The van der Waals surface area contributed by atoms with E-state index in [1.807, 2.05) is 38.2 Å². The van der Waals surface area contributed by atoms with Crippen molar-refractivity contribution >= 4 is 35.0 Å². The number of allylic oxidation sites excluding steroid dienone is 1. The molecule has 0 fully saturated rings. The average Bonchev–Trinajstić information content (AvgIpc) is 3.06. The predicted molar refractivity (Wildman–Crippen MR) is 91.3 cm³/mol. The third-order valence-electron chi connectivity index (χ3n) is 3.03. The van der Waals surface area contributed by atoms with Gasteiger partial charge in [-0.25, -0.2) is 0 Å². The SMILES string of the molecule is C=Cc1[nH]ccc1/C=C(\C)c1ccc(C(=O)NC(C)C)s1. The Kier molecular flexibility index (Phi) is 4.81. The molecule has 0 saturated heterocycles. The molecule has 2 aromatic rings. The first-order chi connectivity index (χ1) is 10.0. The molecule has 2 heterocycles. The lowest BCUT2D eigenvalue weighted by Crippen LogP contribution is -2.29. The van der Waals surface area contributed by atoms with E-state index in [4.69, 9.17) is 0 Å². The lowest BCUT2D eigenvalue weighted by molar-refractivity contribution is 0.0947. The molecule has 0 spiro atoms. The summed E-state index contributed by atoms with van der Waals surface area (Å²) in [6, 6.07) is 6.03. The summed E-state index contributed by atoms with van der Waals surface area (Å²) in [7, 11) is 0. The monoisotopic (exact) mass is 300 g/mol. The van der Waals surface area contributed by atoms with Gasteiger partial charge in [0.05, 0.1) is 4.88 Å². The molecule has 0 aliphatic rings. The number of aromatic nitrogens is 1. The van der Waals surface area contributed by atoms with Crippen LogP contribution < -0.4 is 5.32 Å². The van der Waals surface area contributed by atoms with Crippen LogP contribution in [0.4, 0.5) is 0 Å². The maximum Gasteiger partial charge on any atom is 0.261 e. The van der Waals surface area contributed by atoms with Gasteiger partial charge in [0.2, 0.25) is 0 Å². The Morgan fingerprint density at radius 3 is 2.71 bits per heavy atom. The van der Waals surface area contributed by atoms with Gasteiger partial charge in [-0.2, -0.15) is 0 Å². The molecule has 0 bridgehead atoms. The molecule has 4 heteroatoms. The van der Waals surface area contributed by atoms with Gasteiger partial charge in [0, 0.05) is 22.8 Å². The number of carbonyl (C=O) groups excluding carboxylic acids is 1. The van der Waals surface area contributed by atoms with Crippen molar-refractivity contribution in [3.8, 4) is 0 Å². The van der Waals surface area contributed by atoms with Crippen molar-refractivity contribution in [2.75, 3.05) is 0 Å². The summed E-state index contributed by atoms with van der Waals surface area (Å²) in [6.45, 7) is 9.76. The van der Waals surface area contributed by atoms with E-state index in [1.54, 1.807) is 6.08 Å². The van der Waals surface area contributed by atoms with Crippen LogP contribution in [0.2, 0.25) is 0 Å². The summed E-state index contributed by atoms with van der Waals surface area (Å²) in [4.78, 5) is 16.9. The zero-order chi connectivity index (χ0) is 15.4. The summed E-state index contributed by atoms with van der Waals surface area (Å²) in [5, 5.41) is 2.91. The van der Waals surface area contributed by atoms with Gasteiger partial charge in [-0.15, -0.1) is 11.3 Å². The van der Waals surface area contributed by atoms with Crippen LogP contribution in [-0.4, -0.2) is 16.9 Å². The van der Waals surface area contributed by atoms with Gasteiger partial charge in [-0.1, -0.05) is 6.58 Å². The molecule has 0 unspecified atom stereocenters. The minimum Gasteiger partial charge on any atom is -0.361 e. The van der Waals surface area contributed by atoms with Crippen LogP contribution in [0.1, 0.15) is 46.6 Å². The highest BCUT2D eigenvalue weighted by Crippen LogP contribution is 2.26. The Morgan fingerprint density at radius 2 is 2.05 bits per heavy atom. The van der Waals surface area contributed by atoms with Crippen LogP contribution in [0.5, 0.6) is 0 Å². The Bertz CT molecular complexity index is 677. The first-order valence-corrected chi connectivity index (χ1v) is 7.72. The molecule has 110 valence electrons. The van der Waals surface area contributed by atoms with Gasteiger partial charge < -0.3 is 10.3 Å². The number of hydrogen-bond acceptors (Lipinski definition) is 2. The third kappa shape index (κ3) is 3.73. The lowest BCUT2D eigenvalue weighted by Gasteiger charge is -2.05. The molecule has 0 aromatic carbocycles. The molecular formula is C17H20N2OS. The van der Waals surface area contributed by atoms with Gasteiger partial charge in [0.1, 0.15) is 0 Å². The zero-order valence-electron chi connectivity index (χ0n) is 12.6. The molecule has 2 N–H and O–H groups in total. The van der Waals surface area contributed by atoms with Crippen molar-refractivity contribution in [3.63, 3.8) is 0 Å². The molecule has 0 aliphatic heterocycles. The molecule has 0 radical (unpaired) electrons. The largest absolute Gasteiger partial charge is 0.361 e. The van der Waals surface area contributed by atoms with Crippen LogP contribution in [0.15, 0.2) is 31.0 Å². The van der Waals surface area contributed by atoms with E-state index in [0.717, 1.165) is 26.6 Å². The van der Waals surface area contributed by atoms with Gasteiger partial charge in [-0.05, 0) is 62.3 Å². The van der Waals surface area contributed by atoms with E-state index in [1.165, 1.54) is 11.3 Å². The minimum absolute atomic E-state index is 0.0116. The van der Waals surface area contributed by atoms with Crippen LogP contribution in [0, 0.1) is 0 Å².